The Balaban J connectivity index is 1.54. The van der Waals surface area contributed by atoms with Gasteiger partial charge in [0.05, 0.1) is 6.33 Å². The molecule has 0 bridgehead atoms. The monoisotopic (exact) mass is 1070 g/mol. The SMILES string of the molecule is CC(=O)N[C@H](CCCN=C(N)N)C(=O)N[C@H]1CCCNC(=O)CCC(C(N)=O)NC(=O)[C@H](Cc2c[nH]c3ccccc23)NC(=O)[C@H](CCCN=C(N)N)NC(=O)[C@@H](Cc2ccccc2)NC(=O)[C@H](Cc2cnc[nH]2)NC1=O. The number of aromatic nitrogens is 3. The number of aliphatic imine (C=N–C) groups is 2. The first-order valence-corrected chi connectivity index (χ1v) is 25.2. The number of nitrogens with zero attached hydrogens (tertiary/aromatic N) is 3. The molecule has 1 aliphatic rings. The van der Waals surface area contributed by atoms with Gasteiger partial charge in [-0.2, -0.15) is 0 Å². The quantitative estimate of drug-likeness (QED) is 0.0263. The van der Waals surface area contributed by atoms with Crippen LogP contribution in [0.25, 0.3) is 10.9 Å². The van der Waals surface area contributed by atoms with Gasteiger partial charge in [0.2, 0.25) is 53.2 Å². The van der Waals surface area contributed by atoms with Gasteiger partial charge in [-0.3, -0.25) is 53.1 Å². The Morgan fingerprint density at radius 2 is 1.31 bits per heavy atom. The Kier molecular flexibility index (Phi) is 22.7. The lowest BCUT2D eigenvalue weighted by Crippen LogP contribution is -2.60. The number of imidazole rings is 1. The summed E-state index contributed by atoms with van der Waals surface area (Å²) in [6.07, 6.45) is 3.90. The summed E-state index contributed by atoms with van der Waals surface area (Å²) in [6.45, 7) is 1.35. The van der Waals surface area contributed by atoms with E-state index in [1.165, 1.54) is 19.4 Å². The summed E-state index contributed by atoms with van der Waals surface area (Å²) in [7, 11) is 0. The van der Waals surface area contributed by atoms with Crippen LogP contribution in [0.1, 0.15) is 75.1 Å². The maximum Gasteiger partial charge on any atom is 0.243 e. The van der Waals surface area contributed by atoms with Gasteiger partial charge in [-0.15, -0.1) is 0 Å². The largest absolute Gasteiger partial charge is 0.370 e. The Morgan fingerprint density at radius 3 is 1.97 bits per heavy atom. The van der Waals surface area contributed by atoms with Crippen LogP contribution in [0.5, 0.6) is 0 Å². The second-order valence-electron chi connectivity index (χ2n) is 18.5. The molecular formula is C50H70N18O9. The zero-order valence-corrected chi connectivity index (χ0v) is 42.8. The van der Waals surface area contributed by atoms with E-state index in [-0.39, 0.29) is 102 Å². The number of guanidine groups is 2. The summed E-state index contributed by atoms with van der Waals surface area (Å²) in [4.78, 5) is 143. The fourth-order valence-electron chi connectivity index (χ4n) is 8.49. The van der Waals surface area contributed by atoms with Crippen LogP contribution < -0.4 is 71.2 Å². The molecule has 3 heterocycles. The van der Waals surface area contributed by atoms with Gasteiger partial charge in [0.25, 0.3) is 0 Å². The van der Waals surface area contributed by atoms with Crippen LogP contribution in [0.3, 0.4) is 0 Å². The van der Waals surface area contributed by atoms with E-state index in [4.69, 9.17) is 28.7 Å². The highest BCUT2D eigenvalue weighted by molar-refractivity contribution is 5.98. The fourth-order valence-corrected chi connectivity index (χ4v) is 8.49. The predicted molar refractivity (Wildman–Crippen MR) is 284 cm³/mol. The lowest BCUT2D eigenvalue weighted by atomic mass is 10.0. The highest BCUT2D eigenvalue weighted by atomic mass is 16.2. The number of fused-ring (bicyclic) bond motifs is 1. The van der Waals surface area contributed by atoms with E-state index in [1.54, 1.807) is 42.6 Å². The zero-order valence-electron chi connectivity index (χ0n) is 42.8. The third-order valence-electron chi connectivity index (χ3n) is 12.4. The number of rotatable bonds is 18. The number of para-hydroxylation sites is 1. The molecule has 2 aromatic heterocycles. The van der Waals surface area contributed by atoms with Crippen molar-refractivity contribution in [2.24, 2.45) is 38.7 Å². The molecule has 1 unspecified atom stereocenters. The fraction of sp³-hybridized carbons (Fsp3) is 0.440. The highest BCUT2D eigenvalue weighted by Gasteiger charge is 2.35. The van der Waals surface area contributed by atoms with Crippen molar-refractivity contribution in [3.05, 3.63) is 90.1 Å². The number of hydrogen-bond acceptors (Lipinski definition) is 12. The Hall–Kier alpha value is -9.04. The number of H-pyrrole nitrogens is 2. The van der Waals surface area contributed by atoms with Crippen molar-refractivity contribution in [3.63, 3.8) is 0 Å². The molecule has 2 aromatic carbocycles. The molecule has 0 saturated carbocycles. The van der Waals surface area contributed by atoms with Gasteiger partial charge in [0.15, 0.2) is 11.9 Å². The number of benzene rings is 2. The molecule has 0 spiro atoms. The topological polar surface area (TPSA) is 449 Å². The molecule has 7 atom stereocenters. The Morgan fingerprint density at radius 1 is 0.701 bits per heavy atom. The van der Waals surface area contributed by atoms with Gasteiger partial charge >= 0.3 is 0 Å². The molecule has 27 nitrogen and oxygen atoms in total. The van der Waals surface area contributed by atoms with Crippen molar-refractivity contribution >= 4 is 76.0 Å². The third kappa shape index (κ3) is 19.6. The molecule has 20 N–H and O–H groups in total. The smallest absolute Gasteiger partial charge is 0.243 e. The highest BCUT2D eigenvalue weighted by Crippen LogP contribution is 2.20. The van der Waals surface area contributed by atoms with Gasteiger partial charge in [0.1, 0.15) is 42.3 Å². The molecular weight excluding hydrogens is 997 g/mol. The minimum Gasteiger partial charge on any atom is -0.370 e. The summed E-state index contributed by atoms with van der Waals surface area (Å²) >= 11 is 0. The summed E-state index contributed by atoms with van der Waals surface area (Å²) in [6, 6.07) is 6.44. The van der Waals surface area contributed by atoms with E-state index < -0.39 is 95.5 Å². The molecule has 0 aliphatic carbocycles. The van der Waals surface area contributed by atoms with Crippen LogP contribution in [-0.2, 0) is 62.4 Å². The van der Waals surface area contributed by atoms with Crippen molar-refractivity contribution in [1.82, 2.24) is 57.5 Å². The van der Waals surface area contributed by atoms with Crippen molar-refractivity contribution in [2.45, 2.75) is 120 Å². The molecule has 77 heavy (non-hydrogen) atoms. The van der Waals surface area contributed by atoms with Gasteiger partial charge in [-0.05, 0) is 62.1 Å². The number of carbonyl (C=O) groups excluding carboxylic acids is 9. The molecule has 1 saturated heterocycles. The van der Waals surface area contributed by atoms with Crippen LogP contribution in [-0.4, -0.2) is 142 Å². The normalized spacial score (nSPS) is 20.8. The van der Waals surface area contributed by atoms with Gasteiger partial charge in [-0.1, -0.05) is 48.5 Å². The average molecular weight is 1070 g/mol. The van der Waals surface area contributed by atoms with Crippen LogP contribution >= 0.6 is 0 Å². The maximum absolute atomic E-state index is 14.7. The molecule has 9 amide bonds. The molecule has 1 aliphatic heterocycles. The first-order chi connectivity index (χ1) is 36.9. The van der Waals surface area contributed by atoms with Crippen LogP contribution in [0.2, 0.25) is 0 Å². The van der Waals surface area contributed by atoms with E-state index in [2.05, 4.69) is 67.5 Å². The minimum atomic E-state index is -1.43. The summed E-state index contributed by atoms with van der Waals surface area (Å²) in [5.41, 5.74) is 30.2. The molecule has 5 rings (SSSR count). The van der Waals surface area contributed by atoms with Gasteiger partial charge in [-0.25, -0.2) is 4.98 Å². The summed E-state index contributed by atoms with van der Waals surface area (Å²) in [5, 5.41) is 22.3. The average Bonchev–Trinajstić information content (AvgIpc) is 4.07. The van der Waals surface area contributed by atoms with Crippen LogP contribution in [0.4, 0.5) is 0 Å². The second-order valence-corrected chi connectivity index (χ2v) is 18.5. The van der Waals surface area contributed by atoms with Crippen molar-refractivity contribution in [1.29, 1.82) is 0 Å². The Bertz CT molecular complexity index is 2720. The van der Waals surface area contributed by atoms with Crippen molar-refractivity contribution in [3.8, 4) is 0 Å². The molecule has 27 heteroatoms. The van der Waals surface area contributed by atoms with Gasteiger partial charge < -0.3 is 81.2 Å². The van der Waals surface area contributed by atoms with Crippen LogP contribution in [0.15, 0.2) is 83.3 Å². The van der Waals surface area contributed by atoms with E-state index in [9.17, 15) is 43.2 Å². The predicted octanol–water partition coefficient (Wildman–Crippen LogP) is -3.38. The molecule has 4 aromatic rings. The Labute approximate surface area is 443 Å². The van der Waals surface area contributed by atoms with E-state index in [0.29, 0.717) is 16.8 Å². The first kappa shape index (κ1) is 58.8. The van der Waals surface area contributed by atoms with Gasteiger partial charge in [0, 0.05) is 81.2 Å². The second kappa shape index (κ2) is 29.7. The maximum atomic E-state index is 14.7. The molecule has 1 fully saturated rings. The van der Waals surface area contributed by atoms with Crippen molar-refractivity contribution < 1.29 is 43.2 Å². The van der Waals surface area contributed by atoms with E-state index in [0.717, 1.165) is 10.9 Å². The summed E-state index contributed by atoms with van der Waals surface area (Å²) in [5.74, 6) is -7.34. The number of aromatic amines is 2. The lowest BCUT2D eigenvalue weighted by Gasteiger charge is -2.28. The first-order valence-electron chi connectivity index (χ1n) is 25.2. The number of hydrogen-bond donors (Lipinski definition) is 15. The number of carbonyl (C=O) groups is 9. The number of amides is 9. The van der Waals surface area contributed by atoms with Crippen LogP contribution in [0, 0.1) is 0 Å². The minimum absolute atomic E-state index is 0.0418. The number of nitrogens with two attached hydrogens (primary N) is 5. The summed E-state index contributed by atoms with van der Waals surface area (Å²) < 4.78 is 0. The molecule has 0 radical (unpaired) electrons. The third-order valence-corrected chi connectivity index (χ3v) is 12.4. The zero-order chi connectivity index (χ0) is 55.9. The van der Waals surface area contributed by atoms with E-state index in [1.807, 2.05) is 18.2 Å². The number of nitrogens with one attached hydrogen (secondary N) is 10. The van der Waals surface area contributed by atoms with E-state index >= 15 is 0 Å². The van der Waals surface area contributed by atoms with Crippen molar-refractivity contribution in [2.75, 3.05) is 19.6 Å². The lowest BCUT2D eigenvalue weighted by molar-refractivity contribution is -0.135. The molecule has 414 valence electrons. The standard InChI is InChI=1S/C50H70N18O9/c1-28(69)62-35(14-8-20-58-49(52)53)43(72)64-36-15-7-19-57-41(70)18-17-34(42(51)71)63-47(76)39(23-30-25-60-33-13-6-5-12-32(30)33)67-44(73)37(16-9-21-59-50(54)55)65-46(75)38(22-29-10-3-2-4-11-29)66-48(77)40(68-45(36)74)24-31-26-56-27-61-31/h2-6,10-13,25-27,34-40,60H,7-9,14-24H2,1H3,(H2,51,71)(H,56,61)(H,57,70)(H,62,69)(H,63,76)(H,64,72)(H,65,75)(H,66,77)(H,67,73)(H,68,74)(H4,52,53,58)(H4,54,55,59)/t34?,35-,36+,37+,38-,39+,40+/m1/s1. The number of primary amides is 1.